The third kappa shape index (κ3) is 5.00. The average molecular weight is 347 g/mol. The van der Waals surface area contributed by atoms with E-state index in [4.69, 9.17) is 5.11 Å². The molecule has 0 unspecified atom stereocenters. The Labute approximate surface area is 133 Å². The van der Waals surface area contributed by atoms with E-state index in [1.807, 2.05) is 4.72 Å². The smallest absolute Gasteiger partial charge is 0.339 e. The second-order valence-electron chi connectivity index (χ2n) is 5.27. The molecule has 2 N–H and O–H groups in total. The van der Waals surface area contributed by atoms with E-state index in [1.165, 1.54) is 0 Å². The molecule has 0 bridgehead atoms. The molecule has 0 saturated carbocycles. The quantitative estimate of drug-likeness (QED) is 0.721. The van der Waals surface area contributed by atoms with E-state index in [1.54, 1.807) is 13.8 Å². The van der Waals surface area contributed by atoms with E-state index in [2.05, 4.69) is 4.74 Å². The molecule has 0 spiro atoms. The lowest BCUT2D eigenvalue weighted by atomic mass is 10.1. The molecule has 0 radical (unpaired) electrons. The normalized spacial score (nSPS) is 12.9. The van der Waals surface area contributed by atoms with Gasteiger partial charge in [0.25, 0.3) is 0 Å². The number of aliphatic carboxylic acids is 1. The lowest BCUT2D eigenvalue weighted by Crippen LogP contribution is -2.42. The van der Waals surface area contributed by atoms with Gasteiger partial charge in [0, 0.05) is 0 Å². The predicted octanol–water partition coefficient (Wildman–Crippen LogP) is 1.39. The summed E-state index contributed by atoms with van der Waals surface area (Å²) < 4.78 is 44.6. The Bertz CT molecular complexity index is 701. The summed E-state index contributed by atoms with van der Waals surface area (Å²) in [6.45, 7) is 3.46. The number of carbonyl (C=O) groups is 2. The van der Waals surface area contributed by atoms with Gasteiger partial charge in [-0.15, -0.1) is 0 Å². The minimum absolute atomic E-state index is 0.0391. The number of esters is 1. The molecule has 1 atom stereocenters. The summed E-state index contributed by atoms with van der Waals surface area (Å²) in [5, 5.41) is 9.12. The van der Waals surface area contributed by atoms with Gasteiger partial charge in [-0.3, -0.25) is 4.79 Å². The minimum atomic E-state index is -4.43. The van der Waals surface area contributed by atoms with Crippen LogP contribution in [0.15, 0.2) is 23.1 Å². The summed E-state index contributed by atoms with van der Waals surface area (Å²) >= 11 is 0. The third-order valence-electron chi connectivity index (χ3n) is 2.94. The fourth-order valence-corrected chi connectivity index (χ4v) is 3.33. The molecule has 1 aromatic carbocycles. The first-order valence-electron chi connectivity index (χ1n) is 6.71. The molecule has 0 aliphatic rings. The van der Waals surface area contributed by atoms with Gasteiger partial charge in [0.2, 0.25) is 10.0 Å². The largest absolute Gasteiger partial charge is 0.480 e. The lowest BCUT2D eigenvalue weighted by molar-refractivity contribution is -0.139. The molecule has 128 valence electrons. The van der Waals surface area contributed by atoms with Crippen molar-refractivity contribution in [3.63, 3.8) is 0 Å². The number of methoxy groups -OCH3 is 1. The first kappa shape index (κ1) is 19.0. The van der Waals surface area contributed by atoms with Crippen molar-refractivity contribution in [2.75, 3.05) is 7.11 Å². The number of rotatable bonds is 7. The van der Waals surface area contributed by atoms with Crippen molar-refractivity contribution in [1.82, 2.24) is 4.72 Å². The average Bonchev–Trinajstić information content (AvgIpc) is 2.44. The van der Waals surface area contributed by atoms with E-state index in [-0.39, 0.29) is 17.9 Å². The van der Waals surface area contributed by atoms with Crippen molar-refractivity contribution < 1.29 is 32.2 Å². The van der Waals surface area contributed by atoms with Crippen LogP contribution in [-0.2, 0) is 19.6 Å². The molecular weight excluding hydrogens is 329 g/mol. The number of carbonyl (C=O) groups excluding carboxylic acids is 1. The van der Waals surface area contributed by atoms with E-state index >= 15 is 0 Å². The molecule has 0 heterocycles. The molecule has 23 heavy (non-hydrogen) atoms. The van der Waals surface area contributed by atoms with Crippen LogP contribution in [0, 0.1) is 11.7 Å². The van der Waals surface area contributed by atoms with Gasteiger partial charge < -0.3 is 9.84 Å². The number of benzene rings is 1. The van der Waals surface area contributed by atoms with E-state index in [0.29, 0.717) is 6.07 Å². The topological polar surface area (TPSA) is 110 Å². The Hall–Kier alpha value is -2.00. The van der Waals surface area contributed by atoms with Crippen LogP contribution in [0.1, 0.15) is 30.6 Å². The van der Waals surface area contributed by atoms with Crippen molar-refractivity contribution in [3.8, 4) is 0 Å². The van der Waals surface area contributed by atoms with Gasteiger partial charge in [-0.1, -0.05) is 13.8 Å². The predicted molar refractivity (Wildman–Crippen MR) is 78.9 cm³/mol. The summed E-state index contributed by atoms with van der Waals surface area (Å²) in [7, 11) is -3.38. The SMILES string of the molecule is COC(=O)c1ccc(F)cc1S(=O)(=O)N[C@@H](CC(C)C)C(=O)O. The molecule has 7 nitrogen and oxygen atoms in total. The van der Waals surface area contributed by atoms with Crippen LogP contribution in [0.4, 0.5) is 4.39 Å². The molecule has 9 heteroatoms. The van der Waals surface area contributed by atoms with Crippen molar-refractivity contribution in [1.29, 1.82) is 0 Å². The van der Waals surface area contributed by atoms with Crippen LogP contribution in [0.25, 0.3) is 0 Å². The standard InChI is InChI=1S/C14H18FNO6S/c1-8(2)6-11(13(17)18)16-23(20,21)12-7-9(15)4-5-10(12)14(19)22-3/h4-5,7-8,11,16H,6H2,1-3H3,(H,17,18)/t11-/m0/s1. The summed E-state index contributed by atoms with van der Waals surface area (Å²) in [5.74, 6) is -3.31. The number of hydrogen-bond donors (Lipinski definition) is 2. The van der Waals surface area contributed by atoms with E-state index in [0.717, 1.165) is 19.2 Å². The van der Waals surface area contributed by atoms with Crippen LogP contribution < -0.4 is 4.72 Å². The Morgan fingerprint density at radius 2 is 1.96 bits per heavy atom. The van der Waals surface area contributed by atoms with Crippen LogP contribution in [0.3, 0.4) is 0 Å². The number of carboxylic acids is 1. The number of sulfonamides is 1. The van der Waals surface area contributed by atoms with Gasteiger partial charge in [-0.25, -0.2) is 17.6 Å². The molecule has 0 saturated heterocycles. The fraction of sp³-hybridized carbons (Fsp3) is 0.429. The molecule has 1 rings (SSSR count). The molecule has 0 aromatic heterocycles. The fourth-order valence-electron chi connectivity index (χ4n) is 1.92. The number of halogens is 1. The second-order valence-corrected chi connectivity index (χ2v) is 6.96. The Morgan fingerprint density at radius 1 is 1.35 bits per heavy atom. The highest BCUT2D eigenvalue weighted by molar-refractivity contribution is 7.89. The van der Waals surface area contributed by atoms with Gasteiger partial charge in [-0.05, 0) is 30.5 Å². The summed E-state index contributed by atoms with van der Waals surface area (Å²) in [6, 6.07) is 1.12. The van der Waals surface area contributed by atoms with Crippen LogP contribution in [0.2, 0.25) is 0 Å². The van der Waals surface area contributed by atoms with Crippen molar-refractivity contribution in [2.24, 2.45) is 5.92 Å². The van der Waals surface area contributed by atoms with Crippen molar-refractivity contribution in [2.45, 2.75) is 31.2 Å². The highest BCUT2D eigenvalue weighted by Gasteiger charge is 2.29. The zero-order chi connectivity index (χ0) is 17.8. The molecule has 0 aliphatic carbocycles. The van der Waals surface area contributed by atoms with E-state index in [9.17, 15) is 22.4 Å². The highest BCUT2D eigenvalue weighted by atomic mass is 32.2. The second kappa shape index (κ2) is 7.51. The zero-order valence-corrected chi connectivity index (χ0v) is 13.7. The minimum Gasteiger partial charge on any atom is -0.480 e. The lowest BCUT2D eigenvalue weighted by Gasteiger charge is -2.17. The third-order valence-corrected chi connectivity index (χ3v) is 4.45. The van der Waals surface area contributed by atoms with Crippen molar-refractivity contribution in [3.05, 3.63) is 29.6 Å². The van der Waals surface area contributed by atoms with Gasteiger partial charge in [0.1, 0.15) is 11.9 Å². The zero-order valence-electron chi connectivity index (χ0n) is 12.9. The summed E-state index contributed by atoms with van der Waals surface area (Å²) in [5.41, 5.74) is -0.380. The van der Waals surface area contributed by atoms with Crippen molar-refractivity contribution >= 4 is 22.0 Å². The maximum absolute atomic E-state index is 13.4. The highest BCUT2D eigenvalue weighted by Crippen LogP contribution is 2.19. The van der Waals surface area contributed by atoms with E-state index < -0.39 is 38.7 Å². The van der Waals surface area contributed by atoms with Gasteiger partial charge >= 0.3 is 11.9 Å². The molecule has 0 amide bonds. The first-order chi connectivity index (χ1) is 10.6. The number of nitrogens with one attached hydrogen (secondary N) is 1. The maximum atomic E-state index is 13.4. The van der Waals surface area contributed by atoms with Crippen LogP contribution in [-0.4, -0.2) is 38.6 Å². The Kier molecular flexibility index (Phi) is 6.22. The maximum Gasteiger partial charge on any atom is 0.339 e. The van der Waals surface area contributed by atoms with Crippen LogP contribution in [0.5, 0.6) is 0 Å². The van der Waals surface area contributed by atoms with Gasteiger partial charge in [0.05, 0.1) is 17.6 Å². The molecule has 1 aromatic rings. The Balaban J connectivity index is 3.29. The van der Waals surface area contributed by atoms with Crippen LogP contribution >= 0.6 is 0 Å². The first-order valence-corrected chi connectivity index (χ1v) is 8.19. The summed E-state index contributed by atoms with van der Waals surface area (Å²) in [6.07, 6.45) is 0.0391. The monoisotopic (exact) mass is 347 g/mol. The molecule has 0 fully saturated rings. The molecule has 0 aliphatic heterocycles. The Morgan fingerprint density at radius 3 is 2.43 bits per heavy atom. The molecular formula is C14H18FNO6S. The number of ether oxygens (including phenoxy) is 1. The van der Waals surface area contributed by atoms with Gasteiger partial charge in [0.15, 0.2) is 0 Å². The van der Waals surface area contributed by atoms with Gasteiger partial charge in [-0.2, -0.15) is 4.72 Å². The number of hydrogen-bond acceptors (Lipinski definition) is 5. The number of carboxylic acid groups (broad SMARTS) is 1. The summed E-state index contributed by atoms with van der Waals surface area (Å²) in [4.78, 5) is 22.2.